The van der Waals surface area contributed by atoms with Gasteiger partial charge in [-0.2, -0.15) is 0 Å². The van der Waals surface area contributed by atoms with Gasteiger partial charge in [0.1, 0.15) is 0 Å². The fraction of sp³-hybridized carbons (Fsp3) is 1.00. The first-order chi connectivity index (χ1) is 3.77. The summed E-state index contributed by atoms with van der Waals surface area (Å²) in [7, 11) is 7.85. The van der Waals surface area contributed by atoms with Crippen LogP contribution >= 0.6 is 0 Å². The Bertz CT molecular complexity index is 44.9. The molecule has 0 bridgehead atoms. The van der Waals surface area contributed by atoms with E-state index in [0.29, 0.717) is 0 Å². The van der Waals surface area contributed by atoms with Gasteiger partial charge in [0.15, 0.2) is 0 Å². The molecule has 0 aromatic carbocycles. The van der Waals surface area contributed by atoms with Crippen LogP contribution in [0.5, 0.6) is 0 Å². The fourth-order valence-electron chi connectivity index (χ4n) is 0.803. The molecule has 40 valence electrons. The van der Waals surface area contributed by atoms with Gasteiger partial charge in [0.25, 0.3) is 0 Å². The Morgan fingerprint density at radius 2 is 1.88 bits per heavy atom. The highest BCUT2D eigenvalue weighted by Gasteiger charge is 1.96. The molecule has 0 aliphatic carbocycles. The standard InChI is InChI=1S/C3H13B5/c1-3(2)5-7-8-6-4/h3,5-8H,4H2,1-2H3. The molecule has 0 rings (SSSR count). The summed E-state index contributed by atoms with van der Waals surface area (Å²) >= 11 is 0. The fourth-order valence-corrected chi connectivity index (χ4v) is 0.803. The summed E-state index contributed by atoms with van der Waals surface area (Å²) < 4.78 is 0. The molecule has 0 aliphatic heterocycles. The third kappa shape index (κ3) is 6.32. The quantitative estimate of drug-likeness (QED) is 0.281. The van der Waals surface area contributed by atoms with Crippen LogP contribution in [0.4, 0.5) is 0 Å². The summed E-state index contributed by atoms with van der Waals surface area (Å²) in [5.74, 6) is 0.904. The summed E-state index contributed by atoms with van der Waals surface area (Å²) in [6, 6.07) is 0. The van der Waals surface area contributed by atoms with E-state index in [4.69, 9.17) is 0 Å². The van der Waals surface area contributed by atoms with Gasteiger partial charge in [-0.3, -0.25) is 0 Å². The molecule has 0 spiro atoms. The van der Waals surface area contributed by atoms with Crippen molar-refractivity contribution in [3.8, 4) is 0 Å². The van der Waals surface area contributed by atoms with Gasteiger partial charge in [-0.15, -0.1) is 0 Å². The van der Waals surface area contributed by atoms with Crippen molar-refractivity contribution in [3.05, 3.63) is 0 Å². The van der Waals surface area contributed by atoms with Gasteiger partial charge in [0.2, 0.25) is 0 Å². The van der Waals surface area contributed by atoms with Crippen molar-refractivity contribution in [2.75, 3.05) is 0 Å². The lowest BCUT2D eigenvalue weighted by atomic mass is 9.03. The molecular formula is C3H13B5. The topological polar surface area (TPSA) is 0 Å². The van der Waals surface area contributed by atoms with Crippen LogP contribution in [-0.4, -0.2) is 36.1 Å². The minimum absolute atomic E-state index is 0.904. The van der Waals surface area contributed by atoms with E-state index in [2.05, 4.69) is 21.6 Å². The van der Waals surface area contributed by atoms with Crippen molar-refractivity contribution < 1.29 is 0 Å². The average Bonchev–Trinajstić information content (AvgIpc) is 1.66. The van der Waals surface area contributed by atoms with Crippen LogP contribution in [0.3, 0.4) is 0 Å². The highest BCUT2D eigenvalue weighted by Crippen LogP contribution is 1.92. The minimum Gasteiger partial charge on any atom is -0.0796 e. The molecule has 0 heterocycles. The van der Waals surface area contributed by atoms with E-state index in [9.17, 15) is 0 Å². The molecule has 0 unspecified atom stereocenters. The Labute approximate surface area is 56.5 Å². The van der Waals surface area contributed by atoms with Crippen LogP contribution in [0.25, 0.3) is 0 Å². The maximum atomic E-state index is 2.29. The molecule has 0 atom stereocenters. The van der Waals surface area contributed by atoms with E-state index in [0.717, 1.165) is 5.82 Å². The molecule has 8 heavy (non-hydrogen) atoms. The van der Waals surface area contributed by atoms with Crippen molar-refractivity contribution in [1.29, 1.82) is 0 Å². The lowest BCUT2D eigenvalue weighted by Gasteiger charge is -1.95. The molecule has 0 N–H and O–H groups in total. The molecular weight excluding hydrogens is 90.1 g/mol. The third-order valence-electron chi connectivity index (χ3n) is 1.39. The SMILES string of the molecule is BBBBBC(C)C. The van der Waals surface area contributed by atoms with Gasteiger partial charge in [-0.25, -0.2) is 0 Å². The van der Waals surface area contributed by atoms with Gasteiger partial charge in [-0.05, 0) is 0 Å². The zero-order valence-electron chi connectivity index (χ0n) is 6.41. The first-order valence-corrected chi connectivity index (χ1v) is 3.77. The molecule has 0 radical (unpaired) electrons. The zero-order chi connectivity index (χ0) is 6.41. The summed E-state index contributed by atoms with van der Waals surface area (Å²) in [4.78, 5) is 0. The van der Waals surface area contributed by atoms with Crippen LogP contribution in [0.15, 0.2) is 0 Å². The van der Waals surface area contributed by atoms with Crippen molar-refractivity contribution >= 4 is 36.1 Å². The molecule has 0 saturated carbocycles. The zero-order valence-corrected chi connectivity index (χ0v) is 6.41. The van der Waals surface area contributed by atoms with Gasteiger partial charge in [0.05, 0.1) is 14.9 Å². The lowest BCUT2D eigenvalue weighted by molar-refractivity contribution is 1.07. The van der Waals surface area contributed by atoms with Crippen molar-refractivity contribution in [1.82, 2.24) is 0 Å². The van der Waals surface area contributed by atoms with Crippen molar-refractivity contribution in [2.24, 2.45) is 0 Å². The normalized spacial score (nSPS) is 8.38. The highest BCUT2D eigenvalue weighted by atomic mass is 13.6. The minimum atomic E-state index is 0.904. The number of hydrogen-bond acceptors (Lipinski definition) is 0. The Kier molecular flexibility index (Phi) is 5.68. The van der Waals surface area contributed by atoms with Crippen LogP contribution in [0.2, 0.25) is 5.82 Å². The summed E-state index contributed by atoms with van der Waals surface area (Å²) in [6.07, 6.45) is 0. The van der Waals surface area contributed by atoms with Crippen molar-refractivity contribution in [3.63, 3.8) is 0 Å². The first kappa shape index (κ1) is 8.32. The number of hydrogen-bond donors (Lipinski definition) is 0. The predicted molar refractivity (Wildman–Crippen MR) is 52.2 cm³/mol. The van der Waals surface area contributed by atoms with E-state index in [1.807, 2.05) is 0 Å². The molecule has 0 fully saturated rings. The van der Waals surface area contributed by atoms with Crippen LogP contribution in [-0.2, 0) is 0 Å². The van der Waals surface area contributed by atoms with Crippen LogP contribution in [0, 0.1) is 0 Å². The lowest BCUT2D eigenvalue weighted by Crippen LogP contribution is -2.20. The molecule has 0 aliphatic rings. The molecule has 5 heteroatoms. The van der Waals surface area contributed by atoms with E-state index < -0.39 is 0 Å². The molecule has 0 aromatic rings. The Morgan fingerprint density at radius 3 is 2.25 bits per heavy atom. The monoisotopic (exact) mass is 104 g/mol. The average molecular weight is 103 g/mol. The Morgan fingerprint density at radius 1 is 1.25 bits per heavy atom. The number of rotatable bonds is 4. The third-order valence-corrected chi connectivity index (χ3v) is 1.39. The molecule has 0 nitrogen and oxygen atoms in total. The van der Waals surface area contributed by atoms with Gasteiger partial charge in [0, 0.05) is 21.2 Å². The maximum Gasteiger partial charge on any atom is 0.0808 e. The summed E-state index contributed by atoms with van der Waals surface area (Å²) in [5, 5.41) is 0. The van der Waals surface area contributed by atoms with Crippen LogP contribution in [0.1, 0.15) is 13.8 Å². The van der Waals surface area contributed by atoms with E-state index in [-0.39, 0.29) is 0 Å². The molecule has 0 aromatic heterocycles. The maximum absolute atomic E-state index is 2.29. The first-order valence-electron chi connectivity index (χ1n) is 3.77. The molecule has 0 saturated heterocycles. The smallest absolute Gasteiger partial charge is 0.0796 e. The largest absolute Gasteiger partial charge is 0.0808 e. The second kappa shape index (κ2) is 5.46. The molecule has 0 amide bonds. The van der Waals surface area contributed by atoms with E-state index >= 15 is 0 Å². The predicted octanol–water partition coefficient (Wildman–Crippen LogP) is -2.15. The van der Waals surface area contributed by atoms with Gasteiger partial charge in [-0.1, -0.05) is 19.7 Å². The Balaban J connectivity index is 2.72. The van der Waals surface area contributed by atoms with Crippen LogP contribution < -0.4 is 0 Å². The highest BCUT2D eigenvalue weighted by molar-refractivity contribution is 7.51. The Hall–Kier alpha value is 0.325. The van der Waals surface area contributed by atoms with E-state index in [1.165, 1.54) is 28.4 Å². The van der Waals surface area contributed by atoms with Gasteiger partial charge < -0.3 is 0 Å². The van der Waals surface area contributed by atoms with Crippen molar-refractivity contribution in [2.45, 2.75) is 19.7 Å². The van der Waals surface area contributed by atoms with E-state index in [1.54, 1.807) is 0 Å². The second-order valence-corrected chi connectivity index (χ2v) is 2.89. The second-order valence-electron chi connectivity index (χ2n) is 2.89. The summed E-state index contributed by atoms with van der Waals surface area (Å²) in [5.41, 5.74) is 0. The summed E-state index contributed by atoms with van der Waals surface area (Å²) in [6.45, 7) is 4.57. The van der Waals surface area contributed by atoms with Gasteiger partial charge >= 0.3 is 0 Å².